The minimum Gasteiger partial charge on any atom is -0.313 e. The number of hydrogen-bond donors (Lipinski definition) is 1. The highest BCUT2D eigenvalue weighted by atomic mass is 15.2. The number of likely N-dealkylation sites (tertiary alicyclic amines) is 1. The first kappa shape index (κ1) is 15.3. The molecule has 3 heteroatoms. The van der Waals surface area contributed by atoms with Crippen molar-refractivity contribution >= 4 is 0 Å². The van der Waals surface area contributed by atoms with E-state index < -0.39 is 0 Å². The molecule has 0 amide bonds. The summed E-state index contributed by atoms with van der Waals surface area (Å²) in [5.74, 6) is 0. The molecule has 0 saturated carbocycles. The second-order valence-electron chi connectivity index (χ2n) is 6.31. The van der Waals surface area contributed by atoms with E-state index in [1.807, 2.05) is 0 Å². The summed E-state index contributed by atoms with van der Waals surface area (Å²) in [6, 6.07) is 1.59. The standard InChI is InChI=1S/C16H33N3/c1-3-11-19(14-15-7-5-6-10-17-15)16-8-12-18(4-2)13-9-16/h15-17H,3-14H2,1-2H3. The molecule has 2 aliphatic rings. The predicted molar refractivity (Wildman–Crippen MR) is 82.6 cm³/mol. The quantitative estimate of drug-likeness (QED) is 0.797. The first-order valence-electron chi connectivity index (χ1n) is 8.53. The molecule has 0 aromatic carbocycles. The Kier molecular flexibility index (Phi) is 6.62. The van der Waals surface area contributed by atoms with E-state index in [-0.39, 0.29) is 0 Å². The van der Waals surface area contributed by atoms with Crippen LogP contribution in [0.5, 0.6) is 0 Å². The van der Waals surface area contributed by atoms with Crippen molar-refractivity contribution in [1.82, 2.24) is 15.1 Å². The lowest BCUT2D eigenvalue weighted by Crippen LogP contribution is -2.50. The van der Waals surface area contributed by atoms with Crippen molar-refractivity contribution in [1.29, 1.82) is 0 Å². The summed E-state index contributed by atoms with van der Waals surface area (Å²) < 4.78 is 0. The number of piperidine rings is 2. The van der Waals surface area contributed by atoms with E-state index in [9.17, 15) is 0 Å². The zero-order valence-corrected chi connectivity index (χ0v) is 13.0. The molecule has 112 valence electrons. The van der Waals surface area contributed by atoms with E-state index in [2.05, 4.69) is 29.0 Å². The van der Waals surface area contributed by atoms with E-state index in [4.69, 9.17) is 0 Å². The fraction of sp³-hybridized carbons (Fsp3) is 1.00. The molecule has 0 aliphatic carbocycles. The second-order valence-corrected chi connectivity index (χ2v) is 6.31. The molecule has 1 unspecified atom stereocenters. The Balaban J connectivity index is 1.81. The van der Waals surface area contributed by atoms with Gasteiger partial charge in [-0.05, 0) is 64.8 Å². The fourth-order valence-electron chi connectivity index (χ4n) is 3.67. The van der Waals surface area contributed by atoms with Crippen LogP contribution in [0.2, 0.25) is 0 Å². The summed E-state index contributed by atoms with van der Waals surface area (Å²) in [4.78, 5) is 5.38. The second kappa shape index (κ2) is 8.23. The highest BCUT2D eigenvalue weighted by Gasteiger charge is 2.25. The average molecular weight is 267 g/mol. The lowest BCUT2D eigenvalue weighted by Gasteiger charge is -2.40. The third-order valence-corrected chi connectivity index (χ3v) is 4.90. The summed E-state index contributed by atoms with van der Waals surface area (Å²) in [6.07, 6.45) is 8.22. The average Bonchev–Trinajstić information content (AvgIpc) is 2.48. The molecule has 1 N–H and O–H groups in total. The summed E-state index contributed by atoms with van der Waals surface area (Å²) in [5.41, 5.74) is 0. The normalized spacial score (nSPS) is 27.0. The van der Waals surface area contributed by atoms with Crippen molar-refractivity contribution < 1.29 is 0 Å². The summed E-state index contributed by atoms with van der Waals surface area (Å²) in [7, 11) is 0. The molecule has 2 saturated heterocycles. The van der Waals surface area contributed by atoms with Gasteiger partial charge in [-0.2, -0.15) is 0 Å². The zero-order valence-electron chi connectivity index (χ0n) is 13.0. The SMILES string of the molecule is CCCN(CC1CCCCN1)C1CCN(CC)CC1. The summed E-state index contributed by atoms with van der Waals surface area (Å²) >= 11 is 0. The van der Waals surface area contributed by atoms with Crippen molar-refractivity contribution in [2.45, 2.75) is 64.5 Å². The Morgan fingerprint density at radius 3 is 2.47 bits per heavy atom. The monoisotopic (exact) mass is 267 g/mol. The Hall–Kier alpha value is -0.120. The van der Waals surface area contributed by atoms with Gasteiger partial charge < -0.3 is 10.2 Å². The van der Waals surface area contributed by atoms with Crippen LogP contribution in [-0.2, 0) is 0 Å². The van der Waals surface area contributed by atoms with Gasteiger partial charge in [-0.25, -0.2) is 0 Å². The smallest absolute Gasteiger partial charge is 0.0195 e. The molecule has 0 aromatic rings. The van der Waals surface area contributed by atoms with Gasteiger partial charge in [0.15, 0.2) is 0 Å². The minimum absolute atomic E-state index is 0.754. The molecular weight excluding hydrogens is 234 g/mol. The van der Waals surface area contributed by atoms with Crippen LogP contribution in [0.15, 0.2) is 0 Å². The van der Waals surface area contributed by atoms with Gasteiger partial charge in [0.1, 0.15) is 0 Å². The maximum atomic E-state index is 3.71. The maximum Gasteiger partial charge on any atom is 0.0195 e. The highest BCUT2D eigenvalue weighted by molar-refractivity contribution is 4.83. The molecule has 0 spiro atoms. The number of rotatable bonds is 6. The summed E-state index contributed by atoms with van der Waals surface area (Å²) in [5, 5.41) is 3.71. The molecule has 19 heavy (non-hydrogen) atoms. The van der Waals surface area contributed by atoms with Gasteiger partial charge in [0.25, 0.3) is 0 Å². The van der Waals surface area contributed by atoms with E-state index in [0.29, 0.717) is 0 Å². The Morgan fingerprint density at radius 1 is 1.11 bits per heavy atom. The van der Waals surface area contributed by atoms with Crippen LogP contribution in [0.25, 0.3) is 0 Å². The van der Waals surface area contributed by atoms with E-state index >= 15 is 0 Å². The topological polar surface area (TPSA) is 18.5 Å². The van der Waals surface area contributed by atoms with Crippen LogP contribution in [-0.4, -0.2) is 61.2 Å². The van der Waals surface area contributed by atoms with Gasteiger partial charge >= 0.3 is 0 Å². The minimum atomic E-state index is 0.754. The number of nitrogens with zero attached hydrogens (tertiary/aromatic N) is 2. The molecule has 1 atom stereocenters. The molecule has 2 heterocycles. The van der Waals surface area contributed by atoms with Crippen LogP contribution >= 0.6 is 0 Å². The third kappa shape index (κ3) is 4.73. The van der Waals surface area contributed by atoms with Gasteiger partial charge in [0, 0.05) is 18.6 Å². The van der Waals surface area contributed by atoms with Gasteiger partial charge in [0.05, 0.1) is 0 Å². The van der Waals surface area contributed by atoms with Crippen molar-refractivity contribution in [3.8, 4) is 0 Å². The van der Waals surface area contributed by atoms with Crippen molar-refractivity contribution in [2.75, 3.05) is 39.3 Å². The van der Waals surface area contributed by atoms with Crippen molar-refractivity contribution in [2.24, 2.45) is 0 Å². The predicted octanol–water partition coefficient (Wildman–Crippen LogP) is 2.32. The lowest BCUT2D eigenvalue weighted by atomic mass is 9.99. The van der Waals surface area contributed by atoms with Gasteiger partial charge in [-0.1, -0.05) is 20.3 Å². The third-order valence-electron chi connectivity index (χ3n) is 4.90. The van der Waals surface area contributed by atoms with Crippen LogP contribution in [0, 0.1) is 0 Å². The maximum absolute atomic E-state index is 3.71. The van der Waals surface area contributed by atoms with Crippen molar-refractivity contribution in [3.63, 3.8) is 0 Å². The van der Waals surface area contributed by atoms with Crippen LogP contribution in [0.4, 0.5) is 0 Å². The number of nitrogens with one attached hydrogen (secondary N) is 1. The number of hydrogen-bond acceptors (Lipinski definition) is 3. The fourth-order valence-corrected chi connectivity index (χ4v) is 3.67. The Labute approximate surface area is 119 Å². The van der Waals surface area contributed by atoms with Gasteiger partial charge in [0.2, 0.25) is 0 Å². The van der Waals surface area contributed by atoms with E-state index in [1.54, 1.807) is 0 Å². The van der Waals surface area contributed by atoms with Crippen LogP contribution in [0.1, 0.15) is 52.4 Å². The largest absolute Gasteiger partial charge is 0.313 e. The van der Waals surface area contributed by atoms with E-state index in [0.717, 1.165) is 12.1 Å². The Morgan fingerprint density at radius 2 is 1.89 bits per heavy atom. The zero-order chi connectivity index (χ0) is 13.5. The molecule has 3 nitrogen and oxygen atoms in total. The van der Waals surface area contributed by atoms with Gasteiger partial charge in [-0.15, -0.1) is 0 Å². The molecule has 2 aliphatic heterocycles. The molecule has 2 fully saturated rings. The molecular formula is C16H33N3. The van der Waals surface area contributed by atoms with Gasteiger partial charge in [-0.3, -0.25) is 4.90 Å². The molecule has 0 radical (unpaired) electrons. The summed E-state index contributed by atoms with van der Waals surface area (Å²) in [6.45, 7) is 12.3. The van der Waals surface area contributed by atoms with E-state index in [1.165, 1.54) is 77.8 Å². The lowest BCUT2D eigenvalue weighted by molar-refractivity contribution is 0.0981. The van der Waals surface area contributed by atoms with Crippen LogP contribution < -0.4 is 5.32 Å². The van der Waals surface area contributed by atoms with Crippen molar-refractivity contribution in [3.05, 3.63) is 0 Å². The molecule has 0 aromatic heterocycles. The first-order valence-corrected chi connectivity index (χ1v) is 8.53. The molecule has 2 rings (SSSR count). The Bertz CT molecular complexity index is 230. The highest BCUT2D eigenvalue weighted by Crippen LogP contribution is 2.18. The first-order chi connectivity index (χ1) is 9.33. The molecule has 0 bridgehead atoms. The van der Waals surface area contributed by atoms with Crippen LogP contribution in [0.3, 0.4) is 0 Å².